The highest BCUT2D eigenvalue weighted by molar-refractivity contribution is 5.73. The number of quaternary nitrogens is 1. The molecular weight excluding hydrogens is 212 g/mol. The van der Waals surface area contributed by atoms with Crippen LogP contribution in [0, 0.1) is 0 Å². The normalized spacial score (nSPS) is 23.1. The van der Waals surface area contributed by atoms with Gasteiger partial charge in [0.25, 0.3) is 0 Å². The molecule has 4 nitrogen and oxygen atoms in total. The highest BCUT2D eigenvalue weighted by atomic mass is 15.5. The maximum absolute atomic E-state index is 4.31. The van der Waals surface area contributed by atoms with Crippen LogP contribution in [0.2, 0.25) is 0 Å². The van der Waals surface area contributed by atoms with E-state index in [1.807, 2.05) is 22.9 Å². The summed E-state index contributed by atoms with van der Waals surface area (Å²) in [7, 11) is 4.48. The number of benzene rings is 1. The summed E-state index contributed by atoms with van der Waals surface area (Å²) in [5.41, 5.74) is 2.07. The van der Waals surface area contributed by atoms with E-state index in [-0.39, 0.29) is 6.17 Å². The molecule has 1 aromatic heterocycles. The molecule has 0 spiro atoms. The Hall–Kier alpha value is -1.68. The lowest BCUT2D eigenvalue weighted by Crippen LogP contribution is -2.47. The predicted molar refractivity (Wildman–Crippen MR) is 67.3 cm³/mol. The van der Waals surface area contributed by atoms with Crippen molar-refractivity contribution in [2.75, 3.05) is 20.6 Å². The van der Waals surface area contributed by atoms with Gasteiger partial charge in [0, 0.05) is 6.42 Å². The standard InChI is InChI=1S/C13H17N4/c1-17(2)10-6-5-9-13(17)16-12-8-4-3-7-11(12)14-15-16/h3-5,7-9,13H,6,10H2,1-2H3/q+1. The van der Waals surface area contributed by atoms with Gasteiger partial charge in [-0.1, -0.05) is 23.4 Å². The number of rotatable bonds is 1. The van der Waals surface area contributed by atoms with Gasteiger partial charge in [-0.15, -0.1) is 5.10 Å². The first-order valence-corrected chi connectivity index (χ1v) is 5.98. The van der Waals surface area contributed by atoms with Crippen LogP contribution in [0.5, 0.6) is 0 Å². The van der Waals surface area contributed by atoms with Crippen molar-refractivity contribution in [3.05, 3.63) is 36.4 Å². The molecule has 0 bridgehead atoms. The molecule has 0 radical (unpaired) electrons. The van der Waals surface area contributed by atoms with Gasteiger partial charge in [0.05, 0.1) is 26.2 Å². The van der Waals surface area contributed by atoms with E-state index in [0.717, 1.165) is 28.5 Å². The Morgan fingerprint density at radius 3 is 2.94 bits per heavy atom. The molecule has 88 valence electrons. The molecule has 0 amide bonds. The minimum Gasteiger partial charge on any atom is -0.304 e. The third-order valence-electron chi connectivity index (χ3n) is 3.52. The smallest absolute Gasteiger partial charge is 0.205 e. The summed E-state index contributed by atoms with van der Waals surface area (Å²) >= 11 is 0. The van der Waals surface area contributed by atoms with E-state index in [4.69, 9.17) is 0 Å². The van der Waals surface area contributed by atoms with Crippen molar-refractivity contribution in [3.8, 4) is 0 Å². The molecule has 2 heterocycles. The first-order valence-electron chi connectivity index (χ1n) is 5.98. The molecular formula is C13H17N4+. The van der Waals surface area contributed by atoms with Crippen LogP contribution in [0.1, 0.15) is 12.6 Å². The minimum absolute atomic E-state index is 0.246. The number of para-hydroxylation sites is 1. The van der Waals surface area contributed by atoms with E-state index in [1.54, 1.807) is 0 Å². The number of nitrogens with zero attached hydrogens (tertiary/aromatic N) is 4. The van der Waals surface area contributed by atoms with E-state index in [2.05, 4.69) is 42.6 Å². The SMILES string of the molecule is C[N+]1(C)CCC=CC1n1nnc2ccccc21. The zero-order chi connectivity index (χ0) is 11.9. The molecule has 3 rings (SSSR count). The van der Waals surface area contributed by atoms with Gasteiger partial charge >= 0.3 is 0 Å². The Bertz CT molecular complexity index is 568. The van der Waals surface area contributed by atoms with Gasteiger partial charge in [0.15, 0.2) is 0 Å². The number of hydrogen-bond acceptors (Lipinski definition) is 2. The Morgan fingerprint density at radius 2 is 2.12 bits per heavy atom. The molecule has 1 aromatic carbocycles. The van der Waals surface area contributed by atoms with Crippen molar-refractivity contribution >= 4 is 11.0 Å². The summed E-state index contributed by atoms with van der Waals surface area (Å²) in [6, 6.07) is 8.12. The molecule has 1 aliphatic heterocycles. The highest BCUT2D eigenvalue weighted by Crippen LogP contribution is 2.27. The third kappa shape index (κ3) is 1.65. The quantitative estimate of drug-likeness (QED) is 0.553. The van der Waals surface area contributed by atoms with E-state index < -0.39 is 0 Å². The summed E-state index contributed by atoms with van der Waals surface area (Å²) in [5, 5.41) is 8.54. The summed E-state index contributed by atoms with van der Waals surface area (Å²) in [6.45, 7) is 1.13. The van der Waals surface area contributed by atoms with Gasteiger partial charge in [-0.25, -0.2) is 0 Å². The van der Waals surface area contributed by atoms with Gasteiger partial charge in [-0.3, -0.25) is 0 Å². The molecule has 0 saturated heterocycles. The van der Waals surface area contributed by atoms with Crippen LogP contribution in [-0.4, -0.2) is 40.1 Å². The monoisotopic (exact) mass is 229 g/mol. The highest BCUT2D eigenvalue weighted by Gasteiger charge is 2.31. The fourth-order valence-electron chi connectivity index (χ4n) is 2.45. The first kappa shape index (κ1) is 10.5. The number of fused-ring (bicyclic) bond motifs is 1. The van der Waals surface area contributed by atoms with Crippen molar-refractivity contribution in [2.24, 2.45) is 0 Å². The van der Waals surface area contributed by atoms with Crippen LogP contribution in [0.25, 0.3) is 11.0 Å². The number of likely N-dealkylation sites (N-methyl/N-ethyl adjacent to an activating group) is 1. The van der Waals surface area contributed by atoms with E-state index >= 15 is 0 Å². The van der Waals surface area contributed by atoms with Gasteiger partial charge in [-0.05, 0) is 18.2 Å². The fraction of sp³-hybridized carbons (Fsp3) is 0.385. The zero-order valence-corrected chi connectivity index (χ0v) is 10.2. The molecule has 4 heteroatoms. The summed E-state index contributed by atoms with van der Waals surface area (Å²) in [6.07, 6.45) is 5.86. The molecule has 2 aromatic rings. The van der Waals surface area contributed by atoms with Gasteiger partial charge in [0.2, 0.25) is 6.17 Å². The molecule has 1 aliphatic rings. The topological polar surface area (TPSA) is 30.7 Å². The largest absolute Gasteiger partial charge is 0.304 e. The number of hydrogen-bond donors (Lipinski definition) is 0. The molecule has 0 aliphatic carbocycles. The molecule has 1 unspecified atom stereocenters. The average molecular weight is 229 g/mol. The molecule has 0 N–H and O–H groups in total. The van der Waals surface area contributed by atoms with Crippen molar-refractivity contribution in [1.82, 2.24) is 15.0 Å². The van der Waals surface area contributed by atoms with Crippen LogP contribution in [0.4, 0.5) is 0 Å². The molecule has 0 saturated carbocycles. The lowest BCUT2D eigenvalue weighted by Gasteiger charge is -2.38. The Morgan fingerprint density at radius 1 is 1.29 bits per heavy atom. The summed E-state index contributed by atoms with van der Waals surface area (Å²) in [4.78, 5) is 0. The van der Waals surface area contributed by atoms with Crippen LogP contribution in [-0.2, 0) is 0 Å². The molecule has 0 fully saturated rings. The minimum atomic E-state index is 0.246. The van der Waals surface area contributed by atoms with Crippen LogP contribution in [0.15, 0.2) is 36.4 Å². The maximum atomic E-state index is 4.31. The molecule has 17 heavy (non-hydrogen) atoms. The molecule has 1 atom stereocenters. The lowest BCUT2D eigenvalue weighted by molar-refractivity contribution is -0.925. The Kier molecular flexibility index (Phi) is 2.26. The van der Waals surface area contributed by atoms with Crippen LogP contribution in [0.3, 0.4) is 0 Å². The second-order valence-electron chi connectivity index (χ2n) is 5.16. The summed E-state index contributed by atoms with van der Waals surface area (Å²) < 4.78 is 2.95. The van der Waals surface area contributed by atoms with Crippen molar-refractivity contribution in [3.63, 3.8) is 0 Å². The van der Waals surface area contributed by atoms with E-state index in [9.17, 15) is 0 Å². The van der Waals surface area contributed by atoms with Gasteiger partial charge in [0.1, 0.15) is 5.52 Å². The Balaban J connectivity index is 2.15. The average Bonchev–Trinajstić information content (AvgIpc) is 2.72. The van der Waals surface area contributed by atoms with E-state index in [1.165, 1.54) is 0 Å². The fourth-order valence-corrected chi connectivity index (χ4v) is 2.45. The first-order chi connectivity index (χ1) is 8.18. The second kappa shape index (κ2) is 3.67. The second-order valence-corrected chi connectivity index (χ2v) is 5.16. The van der Waals surface area contributed by atoms with Gasteiger partial charge in [-0.2, -0.15) is 4.68 Å². The summed E-state index contributed by atoms with van der Waals surface area (Å²) in [5.74, 6) is 0. The Labute approximate surface area is 101 Å². The van der Waals surface area contributed by atoms with Crippen molar-refractivity contribution in [2.45, 2.75) is 12.6 Å². The third-order valence-corrected chi connectivity index (χ3v) is 3.52. The predicted octanol–water partition coefficient (Wildman–Crippen LogP) is 1.97. The number of aromatic nitrogens is 3. The van der Waals surface area contributed by atoms with Crippen LogP contribution >= 0.6 is 0 Å². The van der Waals surface area contributed by atoms with Crippen molar-refractivity contribution in [1.29, 1.82) is 0 Å². The van der Waals surface area contributed by atoms with Gasteiger partial charge < -0.3 is 4.48 Å². The zero-order valence-electron chi connectivity index (χ0n) is 10.2. The lowest BCUT2D eigenvalue weighted by atomic mass is 10.2. The maximum Gasteiger partial charge on any atom is 0.205 e. The van der Waals surface area contributed by atoms with Crippen LogP contribution < -0.4 is 0 Å². The van der Waals surface area contributed by atoms with Crippen molar-refractivity contribution < 1.29 is 4.48 Å². The van der Waals surface area contributed by atoms with E-state index in [0.29, 0.717) is 0 Å².